The number of para-hydroxylation sites is 1. The molecule has 0 radical (unpaired) electrons. The van der Waals surface area contributed by atoms with Crippen LogP contribution in [0.15, 0.2) is 22.6 Å². The number of hydrogen-bond donors (Lipinski definition) is 0. The number of fused-ring (bicyclic) bond motifs is 1. The van der Waals surface area contributed by atoms with Gasteiger partial charge in [0.15, 0.2) is 0 Å². The van der Waals surface area contributed by atoms with Gasteiger partial charge >= 0.3 is 0 Å². The maximum atomic E-state index is 5.89. The minimum atomic E-state index is 0.460. The van der Waals surface area contributed by atoms with Gasteiger partial charge in [0.05, 0.1) is 0 Å². The molecular formula is C13H16O. The van der Waals surface area contributed by atoms with Crippen molar-refractivity contribution in [2.45, 2.75) is 33.6 Å². The second-order valence-electron chi connectivity index (χ2n) is 4.20. The molecule has 0 fully saturated rings. The van der Waals surface area contributed by atoms with E-state index in [-0.39, 0.29) is 0 Å². The van der Waals surface area contributed by atoms with Crippen molar-refractivity contribution >= 4 is 11.0 Å². The van der Waals surface area contributed by atoms with E-state index in [1.54, 1.807) is 0 Å². The highest BCUT2D eigenvalue weighted by molar-refractivity contribution is 5.84. The maximum Gasteiger partial charge on any atom is 0.137 e. The zero-order valence-corrected chi connectivity index (χ0v) is 9.22. The first kappa shape index (κ1) is 9.32. The lowest BCUT2D eigenvalue weighted by atomic mass is 10.0. The van der Waals surface area contributed by atoms with E-state index < -0.39 is 0 Å². The Kier molecular flexibility index (Phi) is 2.10. The average Bonchev–Trinajstić information content (AvgIpc) is 2.46. The number of rotatable bonds is 1. The van der Waals surface area contributed by atoms with Crippen LogP contribution in [0.25, 0.3) is 11.0 Å². The summed E-state index contributed by atoms with van der Waals surface area (Å²) in [6.07, 6.45) is 0. The molecule has 0 N–H and O–H groups in total. The maximum absolute atomic E-state index is 5.89. The van der Waals surface area contributed by atoms with E-state index in [4.69, 9.17) is 4.42 Å². The molecule has 1 heteroatoms. The van der Waals surface area contributed by atoms with E-state index >= 15 is 0 Å². The average molecular weight is 188 g/mol. The topological polar surface area (TPSA) is 13.1 Å². The smallest absolute Gasteiger partial charge is 0.137 e. The molecule has 0 unspecified atom stereocenters. The lowest BCUT2D eigenvalue weighted by Crippen LogP contribution is -1.85. The highest BCUT2D eigenvalue weighted by Gasteiger charge is 2.13. The molecule has 1 aromatic carbocycles. The largest absolute Gasteiger partial charge is 0.460 e. The summed E-state index contributed by atoms with van der Waals surface area (Å²) < 4.78 is 5.89. The van der Waals surface area contributed by atoms with E-state index in [0.29, 0.717) is 5.92 Å². The van der Waals surface area contributed by atoms with Gasteiger partial charge in [-0.1, -0.05) is 32.0 Å². The third-order valence-electron chi connectivity index (χ3n) is 2.72. The molecule has 0 aliphatic rings. The quantitative estimate of drug-likeness (QED) is 0.654. The molecule has 1 aromatic heterocycles. The van der Waals surface area contributed by atoms with Crippen molar-refractivity contribution in [2.75, 3.05) is 0 Å². The highest BCUT2D eigenvalue weighted by atomic mass is 16.3. The molecule has 14 heavy (non-hydrogen) atoms. The summed E-state index contributed by atoms with van der Waals surface area (Å²) in [6, 6.07) is 6.31. The number of furan rings is 1. The lowest BCUT2D eigenvalue weighted by Gasteiger charge is -1.99. The van der Waals surface area contributed by atoms with Crippen LogP contribution in [0.1, 0.15) is 36.7 Å². The second-order valence-corrected chi connectivity index (χ2v) is 4.20. The van der Waals surface area contributed by atoms with Crippen LogP contribution in [0.3, 0.4) is 0 Å². The van der Waals surface area contributed by atoms with Crippen LogP contribution in [0.2, 0.25) is 0 Å². The van der Waals surface area contributed by atoms with Crippen LogP contribution in [-0.2, 0) is 0 Å². The van der Waals surface area contributed by atoms with Gasteiger partial charge in [-0.3, -0.25) is 0 Å². The number of hydrogen-bond acceptors (Lipinski definition) is 1. The molecule has 0 bridgehead atoms. The Balaban J connectivity index is 2.80. The molecule has 0 aliphatic carbocycles. The van der Waals surface area contributed by atoms with Crippen LogP contribution >= 0.6 is 0 Å². The predicted molar refractivity (Wildman–Crippen MR) is 59.8 cm³/mol. The first-order valence-corrected chi connectivity index (χ1v) is 5.10. The Labute approximate surface area is 84.7 Å². The molecule has 0 atom stereocenters. The van der Waals surface area contributed by atoms with Gasteiger partial charge in [0, 0.05) is 11.3 Å². The van der Waals surface area contributed by atoms with Gasteiger partial charge in [0.25, 0.3) is 0 Å². The van der Waals surface area contributed by atoms with Crippen molar-refractivity contribution in [3.8, 4) is 0 Å². The van der Waals surface area contributed by atoms with E-state index in [1.807, 2.05) is 0 Å². The van der Waals surface area contributed by atoms with Gasteiger partial charge in [-0.15, -0.1) is 0 Å². The van der Waals surface area contributed by atoms with Gasteiger partial charge in [0.2, 0.25) is 0 Å². The molecule has 2 rings (SSSR count). The molecule has 1 heterocycles. The van der Waals surface area contributed by atoms with E-state index in [1.165, 1.54) is 16.5 Å². The summed E-state index contributed by atoms with van der Waals surface area (Å²) in [5, 5.41) is 1.26. The Morgan fingerprint density at radius 1 is 1.14 bits per heavy atom. The minimum absolute atomic E-state index is 0.460. The second kappa shape index (κ2) is 3.16. The third-order valence-corrected chi connectivity index (χ3v) is 2.72. The Morgan fingerprint density at radius 3 is 2.43 bits per heavy atom. The van der Waals surface area contributed by atoms with Gasteiger partial charge in [-0.05, 0) is 25.0 Å². The zero-order valence-electron chi connectivity index (χ0n) is 9.22. The predicted octanol–water partition coefficient (Wildman–Crippen LogP) is 4.17. The SMILES string of the molecule is Cc1c(C(C)C)oc2c(C)cccc12. The van der Waals surface area contributed by atoms with Gasteiger partial charge in [-0.2, -0.15) is 0 Å². The first-order valence-electron chi connectivity index (χ1n) is 5.10. The molecular weight excluding hydrogens is 172 g/mol. The van der Waals surface area contributed by atoms with Crippen molar-refractivity contribution < 1.29 is 4.42 Å². The van der Waals surface area contributed by atoms with Gasteiger partial charge in [-0.25, -0.2) is 0 Å². The van der Waals surface area contributed by atoms with Crippen molar-refractivity contribution in [3.63, 3.8) is 0 Å². The number of aryl methyl sites for hydroxylation is 2. The van der Waals surface area contributed by atoms with Crippen LogP contribution in [-0.4, -0.2) is 0 Å². The summed E-state index contributed by atoms with van der Waals surface area (Å²) in [6.45, 7) is 8.57. The highest BCUT2D eigenvalue weighted by Crippen LogP contribution is 2.31. The minimum Gasteiger partial charge on any atom is -0.460 e. The molecule has 0 amide bonds. The molecule has 0 saturated carbocycles. The molecule has 1 nitrogen and oxygen atoms in total. The fourth-order valence-electron chi connectivity index (χ4n) is 1.95. The third kappa shape index (κ3) is 1.24. The van der Waals surface area contributed by atoms with Crippen molar-refractivity contribution in [3.05, 3.63) is 35.1 Å². The molecule has 2 aromatic rings. The standard InChI is InChI=1S/C13H16O/c1-8(2)12-10(4)11-7-5-6-9(3)13(11)14-12/h5-8H,1-4H3. The van der Waals surface area contributed by atoms with Crippen molar-refractivity contribution in [2.24, 2.45) is 0 Å². The molecule has 0 spiro atoms. The molecule has 0 aliphatic heterocycles. The van der Waals surface area contributed by atoms with Crippen molar-refractivity contribution in [1.29, 1.82) is 0 Å². The van der Waals surface area contributed by atoms with Gasteiger partial charge in [0.1, 0.15) is 11.3 Å². The van der Waals surface area contributed by atoms with Crippen LogP contribution in [0.5, 0.6) is 0 Å². The van der Waals surface area contributed by atoms with Crippen LogP contribution in [0.4, 0.5) is 0 Å². The monoisotopic (exact) mass is 188 g/mol. The zero-order chi connectivity index (χ0) is 10.3. The summed E-state index contributed by atoms with van der Waals surface area (Å²) in [5.74, 6) is 1.58. The lowest BCUT2D eigenvalue weighted by molar-refractivity contribution is 0.516. The number of benzene rings is 1. The normalized spacial score (nSPS) is 11.5. The fourth-order valence-corrected chi connectivity index (χ4v) is 1.95. The molecule has 74 valence electrons. The Bertz CT molecular complexity index is 463. The van der Waals surface area contributed by atoms with Crippen LogP contribution < -0.4 is 0 Å². The summed E-state index contributed by atoms with van der Waals surface area (Å²) >= 11 is 0. The van der Waals surface area contributed by atoms with Crippen molar-refractivity contribution in [1.82, 2.24) is 0 Å². The van der Waals surface area contributed by atoms with E-state index in [0.717, 1.165) is 11.3 Å². The Morgan fingerprint density at radius 2 is 1.86 bits per heavy atom. The van der Waals surface area contributed by atoms with Gasteiger partial charge < -0.3 is 4.42 Å². The summed E-state index contributed by atoms with van der Waals surface area (Å²) in [4.78, 5) is 0. The summed E-state index contributed by atoms with van der Waals surface area (Å²) in [5.41, 5.74) is 3.56. The Hall–Kier alpha value is -1.24. The van der Waals surface area contributed by atoms with E-state index in [9.17, 15) is 0 Å². The fraction of sp³-hybridized carbons (Fsp3) is 0.385. The summed E-state index contributed by atoms with van der Waals surface area (Å²) in [7, 11) is 0. The van der Waals surface area contributed by atoms with Crippen LogP contribution in [0, 0.1) is 13.8 Å². The molecule has 0 saturated heterocycles. The van der Waals surface area contributed by atoms with E-state index in [2.05, 4.69) is 45.9 Å². The first-order chi connectivity index (χ1) is 6.61.